The third-order valence-corrected chi connectivity index (χ3v) is 4.41. The Labute approximate surface area is 146 Å². The maximum absolute atomic E-state index is 12.3. The van der Waals surface area contributed by atoms with Crippen LogP contribution in [0.15, 0.2) is 48.5 Å². The highest BCUT2D eigenvalue weighted by atomic mass is 127. The van der Waals surface area contributed by atoms with Crippen LogP contribution in [0.5, 0.6) is 0 Å². The molecule has 3 aromatic rings. The molecule has 2 aromatic carbocycles. The number of imidazole rings is 1. The number of ether oxygens (including phenoxy) is 1. The van der Waals surface area contributed by atoms with Gasteiger partial charge in [-0.1, -0.05) is 24.3 Å². The maximum atomic E-state index is 12.3. The molecule has 0 saturated carbocycles. The lowest BCUT2D eigenvalue weighted by atomic mass is 10.2. The van der Waals surface area contributed by atoms with Crippen molar-refractivity contribution in [3.63, 3.8) is 0 Å². The van der Waals surface area contributed by atoms with Gasteiger partial charge >= 0.3 is 5.97 Å². The number of ketones is 1. The fraction of sp³-hybridized carbons (Fsp3) is 0.118. The van der Waals surface area contributed by atoms with Crippen LogP contribution in [-0.4, -0.2) is 27.9 Å². The predicted octanol–water partition coefficient (Wildman–Crippen LogP) is 3.22. The average Bonchev–Trinajstić information content (AvgIpc) is 2.90. The normalized spacial score (nSPS) is 10.7. The fourth-order valence-corrected chi connectivity index (χ4v) is 2.90. The van der Waals surface area contributed by atoms with Crippen LogP contribution in [-0.2, 0) is 11.8 Å². The number of esters is 1. The van der Waals surface area contributed by atoms with E-state index in [2.05, 4.69) is 27.6 Å². The molecule has 0 bridgehead atoms. The molecule has 3 rings (SSSR count). The summed E-state index contributed by atoms with van der Waals surface area (Å²) in [6.45, 7) is -0.332. The smallest absolute Gasteiger partial charge is 0.339 e. The van der Waals surface area contributed by atoms with Crippen molar-refractivity contribution in [1.29, 1.82) is 0 Å². The predicted molar refractivity (Wildman–Crippen MR) is 94.5 cm³/mol. The molecule has 0 aliphatic heterocycles. The molecule has 0 atom stereocenters. The number of carbonyl (C=O) groups is 2. The van der Waals surface area contributed by atoms with Crippen LogP contribution in [0, 0.1) is 3.57 Å². The first-order chi connectivity index (χ1) is 11.1. The van der Waals surface area contributed by atoms with E-state index in [0.717, 1.165) is 14.6 Å². The van der Waals surface area contributed by atoms with Crippen LogP contribution in [0.1, 0.15) is 21.0 Å². The highest BCUT2D eigenvalue weighted by Gasteiger charge is 2.18. The van der Waals surface area contributed by atoms with Crippen LogP contribution in [0.2, 0.25) is 0 Å². The lowest BCUT2D eigenvalue weighted by Gasteiger charge is -2.06. The van der Waals surface area contributed by atoms with Crippen molar-refractivity contribution in [1.82, 2.24) is 9.55 Å². The molecule has 1 heterocycles. The Balaban J connectivity index is 1.75. The van der Waals surface area contributed by atoms with Gasteiger partial charge in [-0.15, -0.1) is 0 Å². The number of hydrogen-bond donors (Lipinski definition) is 0. The van der Waals surface area contributed by atoms with Gasteiger partial charge in [0.25, 0.3) is 0 Å². The highest BCUT2D eigenvalue weighted by Crippen LogP contribution is 2.16. The number of hydrogen-bond acceptors (Lipinski definition) is 4. The zero-order valence-electron chi connectivity index (χ0n) is 12.3. The summed E-state index contributed by atoms with van der Waals surface area (Å²) in [7, 11) is 1.77. The number of benzene rings is 2. The van der Waals surface area contributed by atoms with Gasteiger partial charge in [-0.25, -0.2) is 9.78 Å². The summed E-state index contributed by atoms with van der Waals surface area (Å²) in [5, 5.41) is 0. The van der Waals surface area contributed by atoms with E-state index >= 15 is 0 Å². The van der Waals surface area contributed by atoms with Crippen molar-refractivity contribution >= 4 is 45.4 Å². The first-order valence-electron chi connectivity index (χ1n) is 6.94. The van der Waals surface area contributed by atoms with Gasteiger partial charge < -0.3 is 9.30 Å². The minimum atomic E-state index is -0.512. The molecule has 23 heavy (non-hydrogen) atoms. The van der Waals surface area contributed by atoms with E-state index in [1.165, 1.54) is 0 Å². The monoisotopic (exact) mass is 420 g/mol. The number of rotatable bonds is 4. The van der Waals surface area contributed by atoms with E-state index in [1.807, 2.05) is 36.4 Å². The van der Waals surface area contributed by atoms with Gasteiger partial charge in [0.1, 0.15) is 0 Å². The molecule has 0 aliphatic rings. The van der Waals surface area contributed by atoms with Crippen molar-refractivity contribution in [3.8, 4) is 0 Å². The molecule has 0 fully saturated rings. The number of fused-ring (bicyclic) bond motifs is 1. The van der Waals surface area contributed by atoms with Crippen molar-refractivity contribution in [2.75, 3.05) is 6.61 Å². The number of carbonyl (C=O) groups excluding carboxylic acids is 2. The summed E-state index contributed by atoms with van der Waals surface area (Å²) >= 11 is 2.06. The summed E-state index contributed by atoms with van der Waals surface area (Å²) in [6.07, 6.45) is 0. The van der Waals surface area contributed by atoms with Crippen molar-refractivity contribution in [2.24, 2.45) is 7.05 Å². The van der Waals surface area contributed by atoms with E-state index in [1.54, 1.807) is 23.7 Å². The quantitative estimate of drug-likeness (QED) is 0.370. The fourth-order valence-electron chi connectivity index (χ4n) is 2.30. The second-order valence-electron chi connectivity index (χ2n) is 4.96. The van der Waals surface area contributed by atoms with Gasteiger partial charge in [0.05, 0.1) is 16.6 Å². The number of aromatic nitrogens is 2. The van der Waals surface area contributed by atoms with Crippen LogP contribution < -0.4 is 0 Å². The zero-order chi connectivity index (χ0) is 16.4. The Kier molecular flexibility index (Phi) is 4.42. The van der Waals surface area contributed by atoms with Crippen molar-refractivity contribution in [3.05, 3.63) is 63.5 Å². The van der Waals surface area contributed by atoms with Crippen LogP contribution in [0.3, 0.4) is 0 Å². The molecule has 116 valence electrons. The maximum Gasteiger partial charge on any atom is 0.339 e. The first-order valence-corrected chi connectivity index (χ1v) is 8.02. The SMILES string of the molecule is Cn1c(C(=O)COC(=O)c2ccccc2I)nc2ccccc21. The van der Waals surface area contributed by atoms with Gasteiger partial charge in [-0.2, -0.15) is 0 Å². The number of Topliss-reactive ketones (excluding diaryl/α,β-unsaturated/α-hetero) is 1. The molecule has 0 unspecified atom stereocenters. The van der Waals surface area contributed by atoms with Gasteiger partial charge in [-0.05, 0) is 46.9 Å². The van der Waals surface area contributed by atoms with E-state index < -0.39 is 5.97 Å². The second-order valence-corrected chi connectivity index (χ2v) is 6.12. The van der Waals surface area contributed by atoms with Crippen LogP contribution >= 0.6 is 22.6 Å². The molecule has 0 radical (unpaired) electrons. The molecule has 6 heteroatoms. The number of aryl methyl sites for hydroxylation is 1. The Hall–Kier alpha value is -2.22. The lowest BCUT2D eigenvalue weighted by Crippen LogP contribution is -2.18. The van der Waals surface area contributed by atoms with E-state index in [9.17, 15) is 9.59 Å². The van der Waals surface area contributed by atoms with E-state index in [4.69, 9.17) is 4.74 Å². The van der Waals surface area contributed by atoms with Gasteiger partial charge in [0, 0.05) is 10.6 Å². The summed E-state index contributed by atoms with van der Waals surface area (Å²) < 4.78 is 7.62. The van der Waals surface area contributed by atoms with Gasteiger partial charge in [-0.3, -0.25) is 4.79 Å². The lowest BCUT2D eigenvalue weighted by molar-refractivity contribution is 0.0470. The minimum absolute atomic E-state index is 0.279. The zero-order valence-corrected chi connectivity index (χ0v) is 14.5. The minimum Gasteiger partial charge on any atom is -0.454 e. The second kappa shape index (κ2) is 6.49. The topological polar surface area (TPSA) is 61.2 Å². The molecule has 1 aromatic heterocycles. The van der Waals surface area contributed by atoms with Crippen LogP contribution in [0.4, 0.5) is 0 Å². The Morgan fingerprint density at radius 2 is 1.83 bits per heavy atom. The van der Waals surface area contributed by atoms with Gasteiger partial charge in [0.2, 0.25) is 5.78 Å². The summed E-state index contributed by atoms with van der Waals surface area (Å²) in [6, 6.07) is 14.5. The third kappa shape index (κ3) is 3.12. The van der Waals surface area contributed by atoms with Gasteiger partial charge in [0.15, 0.2) is 12.4 Å². The molecular formula is C17H13IN2O3. The molecule has 0 aliphatic carbocycles. The summed E-state index contributed by atoms with van der Waals surface area (Å²) in [5.74, 6) is -0.563. The summed E-state index contributed by atoms with van der Waals surface area (Å²) in [4.78, 5) is 28.6. The molecule has 0 spiro atoms. The van der Waals surface area contributed by atoms with E-state index in [0.29, 0.717) is 5.56 Å². The number of halogens is 1. The van der Waals surface area contributed by atoms with Crippen molar-refractivity contribution < 1.29 is 14.3 Å². The molecular weight excluding hydrogens is 407 g/mol. The van der Waals surface area contributed by atoms with Crippen molar-refractivity contribution in [2.45, 2.75) is 0 Å². The average molecular weight is 420 g/mol. The van der Waals surface area contributed by atoms with E-state index in [-0.39, 0.29) is 18.2 Å². The first kappa shape index (κ1) is 15.7. The van der Waals surface area contributed by atoms with Crippen LogP contribution in [0.25, 0.3) is 11.0 Å². The molecule has 0 N–H and O–H groups in total. The third-order valence-electron chi connectivity index (χ3n) is 3.46. The number of nitrogens with zero attached hydrogens (tertiary/aromatic N) is 2. The Bertz CT molecular complexity index is 902. The molecule has 5 nitrogen and oxygen atoms in total. The molecule has 0 amide bonds. The Morgan fingerprint density at radius 3 is 2.57 bits per heavy atom. The standard InChI is InChI=1S/C17H13IN2O3/c1-20-14-9-5-4-8-13(14)19-16(20)15(21)10-23-17(22)11-6-2-3-7-12(11)18/h2-9H,10H2,1H3. The number of para-hydroxylation sites is 2. The highest BCUT2D eigenvalue weighted by molar-refractivity contribution is 14.1. The molecule has 0 saturated heterocycles. The summed E-state index contributed by atoms with van der Waals surface area (Å²) in [5.41, 5.74) is 2.05. The Morgan fingerprint density at radius 1 is 1.13 bits per heavy atom. The largest absolute Gasteiger partial charge is 0.454 e.